The Bertz CT molecular complexity index is 1400. The Hall–Kier alpha value is -4.08. The van der Waals surface area contributed by atoms with Crippen LogP contribution in [0.15, 0.2) is 70.4 Å². The standard InChI is InChI=1S/C23H19F3N4O3/c1-14-3-5-15(6-4-14)16-7-9-17(10-8-16)33-20-18(23(24,25)26)11-12-30(21(20)31)13-19-27-28-22(32)29(19)2/h3-12H,13H2,1-2H3,(H,28,32). The molecule has 0 unspecified atom stereocenters. The number of aromatic nitrogens is 4. The summed E-state index contributed by atoms with van der Waals surface area (Å²) in [5, 5.41) is 6.00. The van der Waals surface area contributed by atoms with Crippen LogP contribution in [0.1, 0.15) is 17.0 Å². The number of benzene rings is 2. The van der Waals surface area contributed by atoms with Crippen molar-refractivity contribution in [2.75, 3.05) is 0 Å². The largest absolute Gasteiger partial charge is 0.451 e. The van der Waals surface area contributed by atoms with Gasteiger partial charge in [-0.3, -0.25) is 9.36 Å². The number of ether oxygens (including phenoxy) is 1. The van der Waals surface area contributed by atoms with Crippen molar-refractivity contribution < 1.29 is 17.9 Å². The Labute approximate surface area is 185 Å². The molecule has 7 nitrogen and oxygen atoms in total. The third kappa shape index (κ3) is 4.59. The van der Waals surface area contributed by atoms with Crippen LogP contribution in [-0.4, -0.2) is 19.3 Å². The lowest BCUT2D eigenvalue weighted by Gasteiger charge is -2.15. The van der Waals surface area contributed by atoms with Gasteiger partial charge >= 0.3 is 11.9 Å². The number of alkyl halides is 3. The van der Waals surface area contributed by atoms with E-state index in [0.29, 0.717) is 0 Å². The van der Waals surface area contributed by atoms with Crippen molar-refractivity contribution in [3.63, 3.8) is 0 Å². The molecule has 0 aliphatic rings. The van der Waals surface area contributed by atoms with E-state index >= 15 is 0 Å². The summed E-state index contributed by atoms with van der Waals surface area (Å²) < 4.78 is 48.4. The summed E-state index contributed by atoms with van der Waals surface area (Å²) in [6.45, 7) is 1.76. The van der Waals surface area contributed by atoms with Crippen molar-refractivity contribution in [1.82, 2.24) is 19.3 Å². The van der Waals surface area contributed by atoms with Crippen molar-refractivity contribution in [2.45, 2.75) is 19.6 Å². The minimum absolute atomic E-state index is 0.0818. The maximum Gasteiger partial charge on any atom is 0.420 e. The lowest BCUT2D eigenvalue weighted by Crippen LogP contribution is -2.26. The molecule has 0 aliphatic heterocycles. The van der Waals surface area contributed by atoms with Crippen LogP contribution in [0.5, 0.6) is 11.5 Å². The highest BCUT2D eigenvalue weighted by Gasteiger charge is 2.36. The van der Waals surface area contributed by atoms with Crippen molar-refractivity contribution in [2.24, 2.45) is 7.05 Å². The molecule has 4 rings (SSSR count). The topological polar surface area (TPSA) is 81.9 Å². The number of nitrogens with one attached hydrogen (secondary N) is 1. The molecule has 0 aliphatic carbocycles. The number of pyridine rings is 1. The number of aryl methyl sites for hydroxylation is 1. The Morgan fingerprint density at radius 1 is 0.970 bits per heavy atom. The molecule has 0 bridgehead atoms. The molecule has 2 heterocycles. The third-order valence-corrected chi connectivity index (χ3v) is 5.17. The van der Waals surface area contributed by atoms with Crippen molar-refractivity contribution >= 4 is 0 Å². The van der Waals surface area contributed by atoms with Gasteiger partial charge in [0, 0.05) is 13.2 Å². The van der Waals surface area contributed by atoms with E-state index in [-0.39, 0.29) is 18.1 Å². The Morgan fingerprint density at radius 3 is 2.12 bits per heavy atom. The first kappa shape index (κ1) is 22.1. The zero-order chi connectivity index (χ0) is 23.8. The zero-order valence-corrected chi connectivity index (χ0v) is 17.7. The fraction of sp³-hybridized carbons (Fsp3) is 0.174. The SMILES string of the molecule is Cc1ccc(-c2ccc(Oc3c(C(F)(F)F)ccn(Cc4n[nH]c(=O)n4C)c3=O)cc2)cc1. The lowest BCUT2D eigenvalue weighted by atomic mass is 10.0. The van der Waals surface area contributed by atoms with Crippen LogP contribution in [-0.2, 0) is 19.8 Å². The second-order valence-electron chi connectivity index (χ2n) is 7.49. The summed E-state index contributed by atoms with van der Waals surface area (Å²) in [5.74, 6) is -0.595. The Morgan fingerprint density at radius 2 is 1.58 bits per heavy atom. The molecular formula is C23H19F3N4O3. The normalized spacial score (nSPS) is 11.5. The quantitative estimate of drug-likeness (QED) is 0.490. The van der Waals surface area contributed by atoms with Crippen molar-refractivity contribution in [3.8, 4) is 22.6 Å². The number of hydrogen-bond acceptors (Lipinski definition) is 4. The van der Waals surface area contributed by atoms with Gasteiger partial charge in [0.05, 0.1) is 6.54 Å². The number of nitrogens with zero attached hydrogens (tertiary/aromatic N) is 3. The van der Waals surface area contributed by atoms with E-state index in [0.717, 1.165) is 38.1 Å². The highest BCUT2D eigenvalue weighted by molar-refractivity contribution is 5.64. The highest BCUT2D eigenvalue weighted by Crippen LogP contribution is 2.36. The number of rotatable bonds is 5. The molecule has 0 spiro atoms. The summed E-state index contributed by atoms with van der Waals surface area (Å²) in [6, 6.07) is 15.0. The molecule has 170 valence electrons. The molecule has 0 radical (unpaired) electrons. The Balaban J connectivity index is 1.69. The third-order valence-electron chi connectivity index (χ3n) is 5.17. The summed E-state index contributed by atoms with van der Waals surface area (Å²) >= 11 is 0. The maximum atomic E-state index is 13.6. The molecule has 0 atom stereocenters. The molecule has 0 fully saturated rings. The van der Waals surface area contributed by atoms with Gasteiger partial charge < -0.3 is 9.30 Å². The molecule has 1 N–H and O–H groups in total. The molecule has 0 saturated carbocycles. The average Bonchev–Trinajstić information content (AvgIpc) is 3.09. The monoisotopic (exact) mass is 456 g/mol. The molecule has 0 saturated heterocycles. The van der Waals surface area contributed by atoms with Crippen molar-refractivity contribution in [1.29, 1.82) is 0 Å². The van der Waals surface area contributed by atoms with Crippen LogP contribution in [0.3, 0.4) is 0 Å². The van der Waals surface area contributed by atoms with E-state index in [1.807, 2.05) is 31.2 Å². The molecule has 33 heavy (non-hydrogen) atoms. The summed E-state index contributed by atoms with van der Waals surface area (Å²) in [4.78, 5) is 24.4. The van der Waals surface area contributed by atoms with Gasteiger partial charge in [-0.2, -0.15) is 18.3 Å². The van der Waals surface area contributed by atoms with Crippen LogP contribution in [0.25, 0.3) is 11.1 Å². The minimum atomic E-state index is -4.80. The van der Waals surface area contributed by atoms with Gasteiger partial charge in [-0.15, -0.1) is 0 Å². The van der Waals surface area contributed by atoms with E-state index < -0.39 is 28.7 Å². The number of aromatic amines is 1. The van der Waals surface area contributed by atoms with E-state index in [1.54, 1.807) is 12.1 Å². The van der Waals surface area contributed by atoms with Gasteiger partial charge in [-0.1, -0.05) is 42.0 Å². The fourth-order valence-electron chi connectivity index (χ4n) is 3.25. The number of halogens is 3. The van der Waals surface area contributed by atoms with Gasteiger partial charge in [-0.05, 0) is 36.2 Å². The predicted octanol–water partition coefficient (Wildman–Crippen LogP) is 4.10. The van der Waals surface area contributed by atoms with Gasteiger partial charge in [0.1, 0.15) is 11.3 Å². The molecule has 10 heteroatoms. The molecule has 2 aromatic heterocycles. The van der Waals surface area contributed by atoms with E-state index in [2.05, 4.69) is 10.2 Å². The van der Waals surface area contributed by atoms with Crippen molar-refractivity contribution in [3.05, 3.63) is 98.6 Å². The molecule has 4 aromatic rings. The van der Waals surface area contributed by atoms with Gasteiger partial charge in [0.25, 0.3) is 5.56 Å². The fourth-order valence-corrected chi connectivity index (χ4v) is 3.25. The maximum absolute atomic E-state index is 13.6. The predicted molar refractivity (Wildman–Crippen MR) is 115 cm³/mol. The van der Waals surface area contributed by atoms with Gasteiger partial charge in [0.2, 0.25) is 5.75 Å². The average molecular weight is 456 g/mol. The zero-order valence-electron chi connectivity index (χ0n) is 17.7. The van der Waals surface area contributed by atoms with Crippen LogP contribution >= 0.6 is 0 Å². The Kier molecular flexibility index (Phi) is 5.67. The van der Waals surface area contributed by atoms with E-state index in [1.165, 1.54) is 19.2 Å². The summed E-state index contributed by atoms with van der Waals surface area (Å²) in [5.41, 5.74) is 0.201. The minimum Gasteiger partial charge on any atom is -0.451 e. The smallest absolute Gasteiger partial charge is 0.420 e. The number of H-pyrrole nitrogens is 1. The second kappa shape index (κ2) is 8.45. The second-order valence-corrected chi connectivity index (χ2v) is 7.49. The molecule has 2 aromatic carbocycles. The van der Waals surface area contributed by atoms with E-state index in [4.69, 9.17) is 4.74 Å². The lowest BCUT2D eigenvalue weighted by molar-refractivity contribution is -0.138. The summed E-state index contributed by atoms with van der Waals surface area (Å²) in [7, 11) is 1.43. The van der Waals surface area contributed by atoms with Gasteiger partial charge in [-0.25, -0.2) is 9.89 Å². The summed E-state index contributed by atoms with van der Waals surface area (Å²) in [6.07, 6.45) is -3.80. The van der Waals surface area contributed by atoms with Gasteiger partial charge in [0.15, 0.2) is 5.82 Å². The first-order valence-corrected chi connectivity index (χ1v) is 9.89. The molecule has 0 amide bonds. The molecular weight excluding hydrogens is 437 g/mol. The first-order chi connectivity index (χ1) is 15.6. The van der Waals surface area contributed by atoms with Crippen LogP contribution in [0, 0.1) is 6.92 Å². The van der Waals surface area contributed by atoms with E-state index in [9.17, 15) is 22.8 Å². The van der Waals surface area contributed by atoms with Crippen LogP contribution in [0.4, 0.5) is 13.2 Å². The highest BCUT2D eigenvalue weighted by atomic mass is 19.4. The van der Waals surface area contributed by atoms with Crippen LogP contribution in [0.2, 0.25) is 0 Å². The first-order valence-electron chi connectivity index (χ1n) is 9.89. The van der Waals surface area contributed by atoms with Crippen LogP contribution < -0.4 is 16.0 Å². The number of hydrogen-bond donors (Lipinski definition) is 1.